The van der Waals surface area contributed by atoms with Crippen molar-refractivity contribution in [2.24, 2.45) is 0 Å². The van der Waals surface area contributed by atoms with E-state index in [-0.39, 0.29) is 66.1 Å². The molecular formula is C51H112O19. The molecule has 19 heteroatoms. The summed E-state index contributed by atoms with van der Waals surface area (Å²) in [5.74, 6) is -1.31. The minimum absolute atomic E-state index is 0.345. The highest BCUT2D eigenvalue weighted by molar-refractivity contribution is 5.66. The molecule has 0 atom stereocenters. The molecule has 0 unspecified atom stereocenters. The number of aliphatic hydroxyl groups is 15. The van der Waals surface area contributed by atoms with Crippen molar-refractivity contribution in [1.29, 1.82) is 0 Å². The van der Waals surface area contributed by atoms with Crippen LogP contribution in [0.4, 0.5) is 0 Å². The van der Waals surface area contributed by atoms with Crippen molar-refractivity contribution in [2.45, 2.75) is 250 Å². The second kappa shape index (κ2) is 78.8. The predicted molar refractivity (Wildman–Crippen MR) is 275 cm³/mol. The number of carbonyl (C=O) groups is 2. The molecule has 0 radical (unpaired) electrons. The quantitative estimate of drug-likeness (QED) is 0.0378. The van der Waals surface area contributed by atoms with E-state index in [9.17, 15) is 9.59 Å². The Balaban J connectivity index is -0.000000145. The summed E-state index contributed by atoms with van der Waals surface area (Å²) >= 11 is 0. The van der Waals surface area contributed by atoms with Crippen LogP contribution < -0.4 is 0 Å². The first-order valence-electron chi connectivity index (χ1n) is 26.5. The summed E-state index contributed by atoms with van der Waals surface area (Å²) in [6.07, 6.45) is 35.6. The van der Waals surface area contributed by atoms with Crippen LogP contribution in [0.1, 0.15) is 219 Å². The van der Waals surface area contributed by atoms with Crippen LogP contribution in [-0.4, -0.2) is 195 Å². The normalized spacial score (nSPS) is 10.5. The van der Waals surface area contributed by atoms with Crippen molar-refractivity contribution >= 4 is 11.9 Å². The smallest absolute Gasteiger partial charge is 0.303 e. The van der Waals surface area contributed by atoms with Crippen LogP contribution in [0.2, 0.25) is 0 Å². The van der Waals surface area contributed by atoms with Gasteiger partial charge in [-0.25, -0.2) is 0 Å². The first kappa shape index (κ1) is 82.4. The third-order valence-electron chi connectivity index (χ3n) is 10.1. The largest absolute Gasteiger partial charge is 0.481 e. The first-order chi connectivity index (χ1) is 33.6. The average Bonchev–Trinajstić information content (AvgIpc) is 3.38. The lowest BCUT2D eigenvalue weighted by Gasteiger charge is -2.03. The maximum absolute atomic E-state index is 10.3. The Bertz CT molecular complexity index is 772. The average molecular weight is 1030 g/mol. The third-order valence-corrected chi connectivity index (χ3v) is 10.1. The van der Waals surface area contributed by atoms with Crippen molar-refractivity contribution in [2.75, 3.05) is 66.1 Å². The zero-order valence-corrected chi connectivity index (χ0v) is 44.0. The molecule has 0 fully saturated rings. The highest BCUT2D eigenvalue weighted by atomic mass is 16.4. The van der Waals surface area contributed by atoms with Gasteiger partial charge < -0.3 is 86.8 Å². The van der Waals surface area contributed by atoms with Crippen molar-refractivity contribution in [3.8, 4) is 0 Å². The summed E-state index contributed by atoms with van der Waals surface area (Å²) in [6, 6.07) is 0. The molecule has 70 heavy (non-hydrogen) atoms. The van der Waals surface area contributed by atoms with E-state index in [1.165, 1.54) is 167 Å². The van der Waals surface area contributed by atoms with E-state index in [1.54, 1.807) is 0 Å². The summed E-state index contributed by atoms with van der Waals surface area (Å²) in [4.78, 5) is 20.7. The fourth-order valence-corrected chi connectivity index (χ4v) is 5.58. The number of unbranched alkanes of at least 4 members (excludes halogenated alkanes) is 28. The van der Waals surface area contributed by atoms with E-state index >= 15 is 0 Å². The zero-order chi connectivity index (χ0) is 54.7. The highest BCUT2D eigenvalue weighted by Gasteiger charge is 2.00. The van der Waals surface area contributed by atoms with E-state index in [2.05, 4.69) is 13.8 Å². The van der Waals surface area contributed by atoms with E-state index < -0.39 is 42.5 Å². The number of aliphatic hydroxyl groups excluding tert-OH is 15. The van der Waals surface area contributed by atoms with Crippen LogP contribution in [0, 0.1) is 0 Å². The summed E-state index contributed by atoms with van der Waals surface area (Å²) in [5, 5.41) is 137. The van der Waals surface area contributed by atoms with E-state index in [0.717, 1.165) is 25.7 Å². The van der Waals surface area contributed by atoms with Crippen molar-refractivity contribution in [1.82, 2.24) is 0 Å². The highest BCUT2D eigenvalue weighted by Crippen LogP contribution is 2.15. The van der Waals surface area contributed by atoms with Gasteiger partial charge in [0.2, 0.25) is 0 Å². The molecule has 0 rings (SSSR count). The minimum Gasteiger partial charge on any atom is -0.481 e. The molecule has 0 amide bonds. The summed E-state index contributed by atoms with van der Waals surface area (Å²) in [7, 11) is 0. The SMILES string of the molecule is CCCCCCCCCCCCCCCCCC(=O)O.CCCCCCCCCCCCCCCCCC(=O)O.OCC(O)CO.OCC(O)CO.OCC(O)CO.OCC(O)CO.OCC(O)CO. The Labute approximate surface area is 423 Å². The standard InChI is InChI=1S/2C18H36O2.5C3H8O3/c2*1-2-3-4-5-6-7-8-9-10-11-12-13-14-15-16-17-18(19)20;5*4-1-3(6)2-5/h2*2-17H2,1H3,(H,19,20);5*3-6H,1-2H2. The molecular weight excluding hydrogens is 917 g/mol. The summed E-state index contributed by atoms with van der Waals surface area (Å²) in [5.41, 5.74) is 0. The molecule has 0 aromatic carbocycles. The van der Waals surface area contributed by atoms with Gasteiger partial charge in [0, 0.05) is 12.8 Å². The van der Waals surface area contributed by atoms with E-state index in [1.807, 2.05) is 0 Å². The molecule has 17 N–H and O–H groups in total. The minimum atomic E-state index is -0.954. The fourth-order valence-electron chi connectivity index (χ4n) is 5.58. The molecule has 19 nitrogen and oxygen atoms in total. The zero-order valence-electron chi connectivity index (χ0n) is 44.0. The number of rotatable bonds is 42. The molecule has 0 bridgehead atoms. The number of carboxylic acid groups (broad SMARTS) is 2. The lowest BCUT2D eigenvalue weighted by molar-refractivity contribution is -0.138. The van der Waals surface area contributed by atoms with E-state index in [4.69, 9.17) is 86.8 Å². The molecule has 0 aliphatic carbocycles. The Hall–Kier alpha value is -1.66. The van der Waals surface area contributed by atoms with Crippen molar-refractivity contribution < 1.29 is 96.4 Å². The molecule has 0 aromatic heterocycles. The number of carboxylic acids is 2. The molecule has 0 saturated heterocycles. The van der Waals surface area contributed by atoms with Crippen molar-refractivity contribution in [3.63, 3.8) is 0 Å². The van der Waals surface area contributed by atoms with Gasteiger partial charge in [0.15, 0.2) is 0 Å². The number of hydrogen-bond acceptors (Lipinski definition) is 17. The summed E-state index contributed by atoms with van der Waals surface area (Å²) < 4.78 is 0. The summed E-state index contributed by atoms with van der Waals surface area (Å²) in [6.45, 7) is 0.894. The molecule has 0 aromatic rings. The van der Waals surface area contributed by atoms with Gasteiger partial charge in [0.1, 0.15) is 30.5 Å². The molecule has 0 saturated carbocycles. The number of hydrogen-bond donors (Lipinski definition) is 17. The van der Waals surface area contributed by atoms with Gasteiger partial charge in [-0.1, -0.05) is 194 Å². The van der Waals surface area contributed by atoms with Gasteiger partial charge in [-0.3, -0.25) is 9.59 Å². The molecule has 430 valence electrons. The van der Waals surface area contributed by atoms with Crippen LogP contribution in [0.3, 0.4) is 0 Å². The Morgan fingerprint density at radius 1 is 0.243 bits per heavy atom. The number of aliphatic carboxylic acids is 2. The lowest BCUT2D eigenvalue weighted by Crippen LogP contribution is -2.15. The van der Waals surface area contributed by atoms with Crippen LogP contribution in [0.5, 0.6) is 0 Å². The van der Waals surface area contributed by atoms with Crippen LogP contribution >= 0.6 is 0 Å². The second-order valence-corrected chi connectivity index (χ2v) is 17.3. The maximum Gasteiger partial charge on any atom is 0.303 e. The molecule has 0 aliphatic rings. The van der Waals surface area contributed by atoms with Gasteiger partial charge in [0.05, 0.1) is 66.1 Å². The van der Waals surface area contributed by atoms with Crippen LogP contribution in [0.25, 0.3) is 0 Å². The maximum atomic E-state index is 10.3. The third kappa shape index (κ3) is 103. The second-order valence-electron chi connectivity index (χ2n) is 17.3. The van der Waals surface area contributed by atoms with Crippen molar-refractivity contribution in [3.05, 3.63) is 0 Å². The van der Waals surface area contributed by atoms with Crippen LogP contribution in [-0.2, 0) is 9.59 Å². The van der Waals surface area contributed by atoms with E-state index in [0.29, 0.717) is 12.8 Å². The van der Waals surface area contributed by atoms with Gasteiger partial charge in [0.25, 0.3) is 0 Å². The van der Waals surface area contributed by atoms with Gasteiger partial charge in [-0.2, -0.15) is 0 Å². The van der Waals surface area contributed by atoms with Gasteiger partial charge in [-0.15, -0.1) is 0 Å². The molecule has 0 heterocycles. The van der Waals surface area contributed by atoms with Crippen LogP contribution in [0.15, 0.2) is 0 Å². The lowest BCUT2D eigenvalue weighted by atomic mass is 10.0. The van der Waals surface area contributed by atoms with Gasteiger partial charge in [-0.05, 0) is 12.8 Å². The Morgan fingerprint density at radius 3 is 0.443 bits per heavy atom. The monoisotopic (exact) mass is 1030 g/mol. The Kier molecular flexibility index (Phi) is 92.7. The fraction of sp³-hybridized carbons (Fsp3) is 0.961. The Morgan fingerprint density at radius 2 is 0.357 bits per heavy atom. The first-order valence-corrected chi connectivity index (χ1v) is 26.5. The topological polar surface area (TPSA) is 378 Å². The molecule has 0 spiro atoms. The molecule has 0 aliphatic heterocycles. The van der Waals surface area contributed by atoms with Gasteiger partial charge >= 0.3 is 11.9 Å². The predicted octanol–water partition coefficient (Wildman–Crippen LogP) is 4.32.